The van der Waals surface area contributed by atoms with Gasteiger partial charge in [-0.05, 0) is 12.1 Å². The fraction of sp³-hybridized carbons (Fsp3) is 0.100. The number of aryl methyl sites for hydroxylation is 1. The van der Waals surface area contributed by atoms with E-state index in [9.17, 15) is 22.9 Å². The monoisotopic (exact) mass is 322 g/mol. The quantitative estimate of drug-likeness (QED) is 0.227. The summed E-state index contributed by atoms with van der Waals surface area (Å²) in [5.41, 5.74) is 5.37. The Hall–Kier alpha value is -1.30. The Morgan fingerprint density at radius 2 is 1.95 bits per heavy atom. The summed E-state index contributed by atoms with van der Waals surface area (Å²) in [6, 6.07) is 3.75. The van der Waals surface area contributed by atoms with Gasteiger partial charge < -0.3 is 20.0 Å². The van der Waals surface area contributed by atoms with Crippen LogP contribution in [0.25, 0.3) is 10.9 Å². The topological polar surface area (TPSA) is 155 Å². The maximum Gasteiger partial charge on any atom is 1.00 e. The van der Waals surface area contributed by atoms with Crippen LogP contribution in [0, 0.1) is 0 Å². The van der Waals surface area contributed by atoms with Crippen LogP contribution in [0.15, 0.2) is 18.2 Å². The molecule has 21 heavy (non-hydrogen) atoms. The molecule has 1 aromatic carbocycles. The average Bonchev–Trinajstić information content (AvgIpc) is 2.64. The number of hydrogen-bond acceptors (Lipinski definition) is 6. The first-order valence-electron chi connectivity index (χ1n) is 5.26. The van der Waals surface area contributed by atoms with E-state index in [1.807, 2.05) is 0 Å². The molecule has 0 radical (unpaired) electrons. The van der Waals surface area contributed by atoms with Gasteiger partial charge in [0.1, 0.15) is 17.1 Å². The van der Waals surface area contributed by atoms with Gasteiger partial charge in [0.15, 0.2) is 10.3 Å². The molecule has 1 aromatic heterocycles. The molecule has 0 aliphatic heterocycles. The predicted molar refractivity (Wildman–Crippen MR) is 69.5 cm³/mol. The van der Waals surface area contributed by atoms with E-state index in [1.165, 1.54) is 22.8 Å². The molecule has 5 N–H and O–H groups in total. The zero-order valence-electron chi connectivity index (χ0n) is 11.3. The minimum absolute atomic E-state index is 0. The van der Waals surface area contributed by atoms with E-state index in [4.69, 9.17) is 11.6 Å². The summed E-state index contributed by atoms with van der Waals surface area (Å²) >= 11 is 0. The smallest absolute Gasteiger partial charge is 0.730 e. The van der Waals surface area contributed by atoms with Crippen molar-refractivity contribution in [3.05, 3.63) is 23.9 Å². The number of carbonyl (C=O) groups excluding carboxylic acids is 1. The molecule has 9 nitrogen and oxygen atoms in total. The number of phenolic OH excluding ortho intramolecular Hbond substituents is 1. The number of nitrogens with zero attached hydrogens (tertiary/aromatic N) is 2. The number of nitrogens with two attached hydrogens (primary N) is 2. The minimum atomic E-state index is -4.96. The maximum absolute atomic E-state index is 11.2. The van der Waals surface area contributed by atoms with Gasteiger partial charge >= 0.3 is 29.6 Å². The van der Waals surface area contributed by atoms with E-state index in [0.717, 1.165) is 0 Å². The Kier molecular flexibility index (Phi) is 4.93. The Balaban J connectivity index is 0.00000220. The van der Waals surface area contributed by atoms with Crippen molar-refractivity contribution in [1.82, 2.24) is 4.57 Å². The van der Waals surface area contributed by atoms with Crippen LogP contribution in [-0.2, 0) is 17.4 Å². The molecule has 0 bridgehead atoms. The first-order valence-corrected chi connectivity index (χ1v) is 6.62. The summed E-state index contributed by atoms with van der Waals surface area (Å²) in [6.45, 7) is 0. The molecule has 0 atom stereocenters. The van der Waals surface area contributed by atoms with E-state index < -0.39 is 27.6 Å². The van der Waals surface area contributed by atoms with Crippen LogP contribution in [0.5, 0.6) is 5.75 Å². The minimum Gasteiger partial charge on any atom is -0.730 e. The Labute approximate surface area is 142 Å². The maximum atomic E-state index is 11.2. The van der Waals surface area contributed by atoms with E-state index in [-0.39, 0.29) is 39.7 Å². The third kappa shape index (κ3) is 3.15. The van der Waals surface area contributed by atoms with E-state index >= 15 is 0 Å². The van der Waals surface area contributed by atoms with Crippen molar-refractivity contribution in [1.29, 1.82) is 0 Å². The molecule has 0 unspecified atom stereocenters. The van der Waals surface area contributed by atoms with Crippen molar-refractivity contribution in [3.63, 3.8) is 0 Å². The van der Waals surface area contributed by atoms with Crippen LogP contribution in [0.1, 0.15) is 10.5 Å². The molecule has 11 heteroatoms. The largest absolute Gasteiger partial charge is 1.00 e. The SMILES string of the molecule is Cn1c(C(N)=O)cc2cc(N(N)S(=O)(=O)[O-])c(O)cc21.[Na+]. The Bertz CT molecular complexity index is 816. The van der Waals surface area contributed by atoms with Crippen LogP contribution in [0.2, 0.25) is 0 Å². The summed E-state index contributed by atoms with van der Waals surface area (Å²) in [6.07, 6.45) is 0. The zero-order chi connectivity index (χ0) is 15.2. The van der Waals surface area contributed by atoms with Gasteiger partial charge in [-0.15, -0.1) is 0 Å². The molecule has 2 rings (SSSR count). The van der Waals surface area contributed by atoms with Crippen LogP contribution in [0.3, 0.4) is 0 Å². The summed E-state index contributed by atoms with van der Waals surface area (Å²) in [5, 5.41) is 10.2. The molecule has 0 fully saturated rings. The van der Waals surface area contributed by atoms with Crippen molar-refractivity contribution < 1.29 is 52.4 Å². The van der Waals surface area contributed by atoms with Crippen molar-refractivity contribution in [2.24, 2.45) is 18.6 Å². The van der Waals surface area contributed by atoms with Crippen LogP contribution >= 0.6 is 0 Å². The van der Waals surface area contributed by atoms with Crippen molar-refractivity contribution in [2.45, 2.75) is 0 Å². The normalized spacial score (nSPS) is 11.2. The third-order valence-corrected chi connectivity index (χ3v) is 3.55. The molecule has 0 aliphatic rings. The third-order valence-electron chi connectivity index (χ3n) is 2.87. The summed E-state index contributed by atoms with van der Waals surface area (Å²) in [4.78, 5) is 11.2. The van der Waals surface area contributed by atoms with Gasteiger partial charge in [0.2, 0.25) is 0 Å². The van der Waals surface area contributed by atoms with Gasteiger partial charge in [0.05, 0.1) is 5.52 Å². The van der Waals surface area contributed by atoms with E-state index in [1.54, 1.807) is 7.05 Å². The number of phenols is 1. The molecule has 1 amide bonds. The van der Waals surface area contributed by atoms with Crippen molar-refractivity contribution in [2.75, 3.05) is 4.41 Å². The van der Waals surface area contributed by atoms with E-state index in [0.29, 0.717) is 10.9 Å². The van der Waals surface area contributed by atoms with Gasteiger partial charge in [-0.1, -0.05) is 0 Å². The number of carbonyl (C=O) groups is 1. The second-order valence-electron chi connectivity index (χ2n) is 4.11. The number of hydrazine groups is 1. The molecular formula is C10H11N4NaO5S. The predicted octanol–water partition coefficient (Wildman–Crippen LogP) is -3.87. The van der Waals surface area contributed by atoms with Crippen LogP contribution < -0.4 is 45.5 Å². The summed E-state index contributed by atoms with van der Waals surface area (Å²) in [7, 11) is -3.42. The average molecular weight is 322 g/mol. The number of primary amides is 1. The number of aromatic nitrogens is 1. The van der Waals surface area contributed by atoms with Gasteiger partial charge in [0.25, 0.3) is 5.91 Å². The zero-order valence-corrected chi connectivity index (χ0v) is 14.1. The fourth-order valence-electron chi connectivity index (χ4n) is 1.90. The number of amides is 1. The fourth-order valence-corrected chi connectivity index (χ4v) is 2.28. The first-order chi connectivity index (χ1) is 9.12. The number of benzene rings is 1. The second kappa shape index (κ2) is 5.83. The molecule has 2 aromatic rings. The summed E-state index contributed by atoms with van der Waals surface area (Å²) < 4.78 is 33.9. The molecular weight excluding hydrogens is 311 g/mol. The molecule has 108 valence electrons. The van der Waals surface area contributed by atoms with Gasteiger partial charge in [-0.2, -0.15) is 0 Å². The molecule has 0 spiro atoms. The van der Waals surface area contributed by atoms with Gasteiger partial charge in [0, 0.05) is 18.5 Å². The number of aromatic hydroxyl groups is 1. The molecule has 0 saturated carbocycles. The van der Waals surface area contributed by atoms with E-state index in [2.05, 4.69) is 0 Å². The number of anilines is 1. The summed E-state index contributed by atoms with van der Waals surface area (Å²) in [5.74, 6) is 3.94. The van der Waals surface area contributed by atoms with Crippen LogP contribution in [-0.4, -0.2) is 28.6 Å². The molecule has 0 aliphatic carbocycles. The first kappa shape index (κ1) is 17.8. The second-order valence-corrected chi connectivity index (χ2v) is 5.35. The standard InChI is InChI=1S/C10H12N4O5S.Na/c1-13-6-4-9(15)7(14(12)20(17,18)19)2-5(6)3-8(13)10(11)16;/h2-4,15H,12H2,1H3,(H2,11,16)(H,17,18,19);/q;+1/p-1. The molecule has 0 saturated heterocycles. The number of rotatable bonds is 3. The van der Waals surface area contributed by atoms with Crippen molar-refractivity contribution in [3.8, 4) is 5.75 Å². The molecule has 1 heterocycles. The van der Waals surface area contributed by atoms with Crippen molar-refractivity contribution >= 4 is 32.8 Å². The Morgan fingerprint density at radius 1 is 1.38 bits per heavy atom. The Morgan fingerprint density at radius 3 is 2.43 bits per heavy atom. The number of fused-ring (bicyclic) bond motifs is 1. The van der Waals surface area contributed by atoms with Crippen LogP contribution in [0.4, 0.5) is 5.69 Å². The van der Waals surface area contributed by atoms with Gasteiger partial charge in [-0.3, -0.25) is 4.79 Å². The van der Waals surface area contributed by atoms with Gasteiger partial charge in [-0.25, -0.2) is 18.7 Å². The number of hydrogen-bond donors (Lipinski definition) is 3.